The van der Waals surface area contributed by atoms with E-state index >= 15 is 0 Å². The van der Waals surface area contributed by atoms with Gasteiger partial charge < -0.3 is 10.1 Å². The number of rotatable bonds is 7. The van der Waals surface area contributed by atoms with E-state index in [-0.39, 0.29) is 12.5 Å². The summed E-state index contributed by atoms with van der Waals surface area (Å²) in [5.74, 6) is 0.982. The highest BCUT2D eigenvalue weighted by Crippen LogP contribution is 2.24. The van der Waals surface area contributed by atoms with E-state index in [0.717, 1.165) is 18.4 Å². The number of benzene rings is 1. The Morgan fingerprint density at radius 1 is 1.37 bits per heavy atom. The molecule has 3 nitrogen and oxygen atoms in total. The maximum atomic E-state index is 11.7. The topological polar surface area (TPSA) is 38.3 Å². The molecule has 0 fully saturated rings. The normalized spacial score (nSPS) is 10.6. The first-order chi connectivity index (χ1) is 9.06. The average Bonchev–Trinajstić information content (AvgIpc) is 2.41. The van der Waals surface area contributed by atoms with Crippen molar-refractivity contribution in [3.8, 4) is 5.75 Å². The lowest BCUT2D eigenvalue weighted by Gasteiger charge is -2.14. The van der Waals surface area contributed by atoms with E-state index in [0.29, 0.717) is 23.2 Å². The Kier molecular flexibility index (Phi) is 6.71. The van der Waals surface area contributed by atoms with Crippen LogP contribution in [0.15, 0.2) is 18.2 Å². The molecule has 0 spiro atoms. The van der Waals surface area contributed by atoms with Crippen molar-refractivity contribution in [1.82, 2.24) is 5.32 Å². The number of aryl methyl sites for hydroxylation is 1. The van der Waals surface area contributed by atoms with Gasteiger partial charge >= 0.3 is 0 Å². The largest absolute Gasteiger partial charge is 0.482 e. The van der Waals surface area contributed by atoms with Crippen LogP contribution in [0.2, 0.25) is 5.02 Å². The molecule has 0 unspecified atom stereocenters. The van der Waals surface area contributed by atoms with Gasteiger partial charge in [0.25, 0.3) is 5.91 Å². The molecule has 0 atom stereocenters. The van der Waals surface area contributed by atoms with Crippen LogP contribution in [0.5, 0.6) is 5.75 Å². The summed E-state index contributed by atoms with van der Waals surface area (Å²) >= 11 is 6.00. The van der Waals surface area contributed by atoms with Crippen molar-refractivity contribution in [2.45, 2.75) is 33.6 Å². The molecule has 0 radical (unpaired) electrons. The van der Waals surface area contributed by atoms with Crippen molar-refractivity contribution in [3.63, 3.8) is 0 Å². The van der Waals surface area contributed by atoms with Gasteiger partial charge in [-0.15, -0.1) is 0 Å². The van der Waals surface area contributed by atoms with Crippen molar-refractivity contribution >= 4 is 17.5 Å². The van der Waals surface area contributed by atoms with Crippen LogP contribution in [0, 0.1) is 12.8 Å². The summed E-state index contributed by atoms with van der Waals surface area (Å²) in [4.78, 5) is 11.7. The molecule has 19 heavy (non-hydrogen) atoms. The Balaban J connectivity index is 2.39. The van der Waals surface area contributed by atoms with Crippen molar-refractivity contribution in [1.29, 1.82) is 0 Å². The summed E-state index contributed by atoms with van der Waals surface area (Å²) in [5.41, 5.74) is 1.05. The average molecular weight is 284 g/mol. The van der Waals surface area contributed by atoms with Crippen molar-refractivity contribution in [2.75, 3.05) is 13.2 Å². The maximum Gasteiger partial charge on any atom is 0.257 e. The lowest BCUT2D eigenvalue weighted by molar-refractivity contribution is -0.123. The summed E-state index contributed by atoms with van der Waals surface area (Å²) in [5, 5.41) is 3.41. The van der Waals surface area contributed by atoms with Crippen LogP contribution in [0.25, 0.3) is 0 Å². The zero-order valence-corrected chi connectivity index (χ0v) is 12.6. The molecule has 1 amide bonds. The lowest BCUT2D eigenvalue weighted by atomic mass is 10.0. The summed E-state index contributed by atoms with van der Waals surface area (Å²) in [6.07, 6.45) is 2.14. The second kappa shape index (κ2) is 8.05. The van der Waals surface area contributed by atoms with Crippen LogP contribution in [0.3, 0.4) is 0 Å². The predicted octanol–water partition coefficient (Wildman–Crippen LogP) is 3.58. The van der Waals surface area contributed by atoms with Gasteiger partial charge in [0.05, 0.1) is 5.02 Å². The smallest absolute Gasteiger partial charge is 0.257 e. The fourth-order valence-electron chi connectivity index (χ4n) is 1.75. The number of halogens is 1. The monoisotopic (exact) mass is 283 g/mol. The molecule has 1 N–H and O–H groups in total. The Morgan fingerprint density at radius 2 is 2.05 bits per heavy atom. The van der Waals surface area contributed by atoms with Gasteiger partial charge in [0.2, 0.25) is 0 Å². The van der Waals surface area contributed by atoms with Gasteiger partial charge in [-0.1, -0.05) is 44.4 Å². The molecule has 0 saturated heterocycles. The van der Waals surface area contributed by atoms with Gasteiger partial charge in [0, 0.05) is 6.54 Å². The minimum Gasteiger partial charge on any atom is -0.482 e. The van der Waals surface area contributed by atoms with E-state index in [9.17, 15) is 4.79 Å². The number of ether oxygens (including phenoxy) is 1. The molecule has 1 rings (SSSR count). The zero-order chi connectivity index (χ0) is 14.3. The maximum absolute atomic E-state index is 11.7. The van der Waals surface area contributed by atoms with Gasteiger partial charge in [-0.3, -0.25) is 4.79 Å². The highest BCUT2D eigenvalue weighted by atomic mass is 35.5. The minimum atomic E-state index is -0.107. The number of carbonyl (C=O) groups excluding carboxylic acids is 1. The molecule has 4 heteroatoms. The van der Waals surface area contributed by atoms with Gasteiger partial charge in [-0.25, -0.2) is 0 Å². The third-order valence-electron chi connectivity index (χ3n) is 3.19. The van der Waals surface area contributed by atoms with Crippen LogP contribution in [0.1, 0.15) is 32.3 Å². The number of hydrogen-bond donors (Lipinski definition) is 1. The van der Waals surface area contributed by atoms with E-state index in [1.165, 1.54) is 0 Å². The van der Waals surface area contributed by atoms with Gasteiger partial charge in [0.15, 0.2) is 6.61 Å². The third-order valence-corrected chi connectivity index (χ3v) is 3.50. The summed E-state index contributed by atoms with van der Waals surface area (Å²) in [7, 11) is 0. The van der Waals surface area contributed by atoms with E-state index in [1.54, 1.807) is 6.07 Å². The zero-order valence-electron chi connectivity index (χ0n) is 11.8. The highest BCUT2D eigenvalue weighted by Gasteiger charge is 2.08. The standard InChI is InChI=1S/C15H22ClNO2/c1-4-12(5-2)9-17-15(18)10-19-14-8-11(3)6-7-13(14)16/h6-8,12H,4-5,9-10H2,1-3H3,(H,17,18). The molecule has 1 aromatic carbocycles. The van der Waals surface area contributed by atoms with E-state index in [1.807, 2.05) is 19.1 Å². The molecule has 0 aliphatic rings. The molecular weight excluding hydrogens is 262 g/mol. The second-order valence-corrected chi connectivity index (χ2v) is 5.12. The van der Waals surface area contributed by atoms with Gasteiger partial charge in [0.1, 0.15) is 5.75 Å². The second-order valence-electron chi connectivity index (χ2n) is 4.71. The molecule has 0 bridgehead atoms. The molecular formula is C15H22ClNO2. The molecule has 0 heterocycles. The summed E-state index contributed by atoms with van der Waals surface area (Å²) < 4.78 is 5.43. The number of carbonyl (C=O) groups is 1. The van der Waals surface area contributed by atoms with Crippen LogP contribution in [-0.4, -0.2) is 19.1 Å². The third kappa shape index (κ3) is 5.52. The first kappa shape index (κ1) is 15.8. The minimum absolute atomic E-state index is 0.00330. The molecule has 0 aliphatic carbocycles. The van der Waals surface area contributed by atoms with E-state index in [2.05, 4.69) is 19.2 Å². The van der Waals surface area contributed by atoms with Gasteiger partial charge in [-0.2, -0.15) is 0 Å². The van der Waals surface area contributed by atoms with Crippen molar-refractivity contribution in [3.05, 3.63) is 28.8 Å². The first-order valence-electron chi connectivity index (χ1n) is 6.72. The summed E-state index contributed by atoms with van der Waals surface area (Å²) in [6, 6.07) is 5.51. The molecule has 1 aromatic rings. The Morgan fingerprint density at radius 3 is 2.68 bits per heavy atom. The van der Waals surface area contributed by atoms with Crippen LogP contribution in [-0.2, 0) is 4.79 Å². The van der Waals surface area contributed by atoms with Crippen molar-refractivity contribution in [2.24, 2.45) is 5.92 Å². The quantitative estimate of drug-likeness (QED) is 0.831. The number of hydrogen-bond acceptors (Lipinski definition) is 2. The van der Waals surface area contributed by atoms with Gasteiger partial charge in [-0.05, 0) is 30.5 Å². The fourth-order valence-corrected chi connectivity index (χ4v) is 1.92. The van der Waals surface area contributed by atoms with Crippen LogP contribution >= 0.6 is 11.6 Å². The molecule has 106 valence electrons. The summed E-state index contributed by atoms with van der Waals surface area (Å²) in [6.45, 7) is 6.92. The SMILES string of the molecule is CCC(CC)CNC(=O)COc1cc(C)ccc1Cl. The van der Waals surface area contributed by atoms with Crippen LogP contribution in [0.4, 0.5) is 0 Å². The number of amides is 1. The highest BCUT2D eigenvalue weighted by molar-refractivity contribution is 6.32. The Bertz CT molecular complexity index is 417. The Hall–Kier alpha value is -1.22. The molecule has 0 aliphatic heterocycles. The predicted molar refractivity (Wildman–Crippen MR) is 78.8 cm³/mol. The molecule has 0 aromatic heterocycles. The van der Waals surface area contributed by atoms with E-state index in [4.69, 9.17) is 16.3 Å². The fraction of sp³-hybridized carbons (Fsp3) is 0.533. The van der Waals surface area contributed by atoms with E-state index < -0.39 is 0 Å². The molecule has 0 saturated carbocycles. The number of nitrogens with one attached hydrogen (secondary N) is 1. The van der Waals surface area contributed by atoms with Crippen molar-refractivity contribution < 1.29 is 9.53 Å². The lowest BCUT2D eigenvalue weighted by Crippen LogP contribution is -2.32. The Labute approximate surface area is 120 Å². The van der Waals surface area contributed by atoms with Crippen LogP contribution < -0.4 is 10.1 Å². The first-order valence-corrected chi connectivity index (χ1v) is 7.10.